The van der Waals surface area contributed by atoms with Crippen molar-refractivity contribution in [3.63, 3.8) is 0 Å². The summed E-state index contributed by atoms with van der Waals surface area (Å²) in [6.45, 7) is 13.6. The molecule has 0 amide bonds. The molecule has 1 heterocycles. The fraction of sp³-hybridized carbons (Fsp3) is 0.121. The van der Waals surface area contributed by atoms with Gasteiger partial charge < -0.3 is 4.57 Å². The van der Waals surface area contributed by atoms with Gasteiger partial charge in [0, 0.05) is 27.3 Å². The molecule has 332 valence electrons. The van der Waals surface area contributed by atoms with Crippen LogP contribution in [0.1, 0.15) is 74.9 Å². The number of aromatic nitrogens is 1. The summed E-state index contributed by atoms with van der Waals surface area (Å²) < 4.78 is 2.43. The van der Waals surface area contributed by atoms with E-state index in [0.717, 1.165) is 114 Å². The number of nitriles is 4. The van der Waals surface area contributed by atoms with Gasteiger partial charge in [-0.3, -0.25) is 0 Å². The second-order valence-electron chi connectivity index (χ2n) is 21.2. The van der Waals surface area contributed by atoms with Crippen LogP contribution in [-0.4, -0.2) is 4.57 Å². The first-order valence-electron chi connectivity index (χ1n) is 24.1. The van der Waals surface area contributed by atoms with Gasteiger partial charge in [-0.05, 0) is 164 Å². The fourth-order valence-electron chi connectivity index (χ4n) is 12.0. The predicted molar refractivity (Wildman–Crippen MR) is 293 cm³/mol. The largest absolute Gasteiger partial charge is 0.309 e. The van der Waals surface area contributed by atoms with E-state index in [9.17, 15) is 21.0 Å². The summed E-state index contributed by atoms with van der Waals surface area (Å²) in [7, 11) is 0. The minimum absolute atomic E-state index is 0.0483. The van der Waals surface area contributed by atoms with Crippen LogP contribution in [0.15, 0.2) is 152 Å². The van der Waals surface area contributed by atoms with Gasteiger partial charge in [-0.2, -0.15) is 21.0 Å². The van der Waals surface area contributed by atoms with Crippen molar-refractivity contribution in [2.24, 2.45) is 0 Å². The lowest BCUT2D eigenvalue weighted by Gasteiger charge is -2.20. The second kappa shape index (κ2) is 14.6. The van der Waals surface area contributed by atoms with Crippen molar-refractivity contribution in [1.82, 2.24) is 4.57 Å². The minimum Gasteiger partial charge on any atom is -0.309 e. The van der Waals surface area contributed by atoms with Crippen LogP contribution in [0.5, 0.6) is 0 Å². The Morgan fingerprint density at radius 2 is 0.817 bits per heavy atom. The Balaban J connectivity index is 1.28. The lowest BCUT2D eigenvalue weighted by Crippen LogP contribution is -2.10. The van der Waals surface area contributed by atoms with Gasteiger partial charge in [0.25, 0.3) is 0 Å². The SMILES string of the molecule is CC(C)(C)c1ccc2c(c1)c1cc(C(C)(C)C)ccc1n2-c1ccc2c3c(-c4ccc(C#N)cc4C#N)c4c(cc5c6ccccc6c6cccc4c65)c(-c4ccc(C#N)cc4C#N)c3c3cccc1c32. The quantitative estimate of drug-likeness (QED) is 0.165. The lowest BCUT2D eigenvalue weighted by molar-refractivity contribution is 0.590. The summed E-state index contributed by atoms with van der Waals surface area (Å²) >= 11 is 0. The van der Waals surface area contributed by atoms with Crippen LogP contribution in [0.2, 0.25) is 0 Å². The molecular weight excluding hydrogens is 863 g/mol. The molecule has 13 aromatic rings. The number of hydrogen-bond acceptors (Lipinski definition) is 4. The smallest absolute Gasteiger partial charge is 0.0998 e. The summed E-state index contributed by atoms with van der Waals surface area (Å²) in [5.41, 5.74) is 10.6. The van der Waals surface area contributed by atoms with Gasteiger partial charge in [0.1, 0.15) is 0 Å². The molecule has 0 N–H and O–H groups in total. The molecule has 0 aliphatic rings. The Labute approximate surface area is 410 Å². The van der Waals surface area contributed by atoms with E-state index in [1.54, 1.807) is 12.1 Å². The predicted octanol–water partition coefficient (Wildman–Crippen LogP) is 17.1. The fourth-order valence-corrected chi connectivity index (χ4v) is 12.0. The number of rotatable bonds is 3. The monoisotopic (exact) mass is 905 g/mol. The van der Waals surface area contributed by atoms with E-state index < -0.39 is 0 Å². The highest BCUT2D eigenvalue weighted by atomic mass is 15.0. The van der Waals surface area contributed by atoms with Crippen LogP contribution in [-0.2, 0) is 10.8 Å². The van der Waals surface area contributed by atoms with Crippen LogP contribution < -0.4 is 0 Å². The Hall–Kier alpha value is -9.26. The summed E-state index contributed by atoms with van der Waals surface area (Å²) in [4.78, 5) is 0. The first-order valence-corrected chi connectivity index (χ1v) is 24.1. The molecule has 0 spiro atoms. The molecule has 5 heteroatoms. The third-order valence-electron chi connectivity index (χ3n) is 15.3. The van der Waals surface area contributed by atoms with Gasteiger partial charge in [0.15, 0.2) is 0 Å². The van der Waals surface area contributed by atoms with Crippen LogP contribution in [0.4, 0.5) is 0 Å². The van der Waals surface area contributed by atoms with Crippen LogP contribution in [0.25, 0.3) is 125 Å². The highest BCUT2D eigenvalue weighted by Crippen LogP contribution is 2.56. The Bertz CT molecular complexity index is 4620. The highest BCUT2D eigenvalue weighted by molar-refractivity contribution is 6.45. The molecule has 0 bridgehead atoms. The normalized spacial score (nSPS) is 12.3. The second-order valence-corrected chi connectivity index (χ2v) is 21.2. The average Bonchev–Trinajstić information content (AvgIpc) is 4.02. The van der Waals surface area contributed by atoms with Gasteiger partial charge >= 0.3 is 0 Å². The topological polar surface area (TPSA) is 100 Å². The zero-order chi connectivity index (χ0) is 48.8. The van der Waals surface area contributed by atoms with Crippen LogP contribution in [0, 0.1) is 45.3 Å². The van der Waals surface area contributed by atoms with Crippen molar-refractivity contribution in [3.8, 4) is 52.2 Å². The van der Waals surface area contributed by atoms with E-state index in [0.29, 0.717) is 22.3 Å². The standard InChI is InChI=1S/C66H43N5/c1-65(2,3)40-19-24-56-51(29-40)52-30-41(66(4,5)6)20-25-57(52)71(56)55-26-23-50-59-47(55)14-10-16-49(59)63-60(42-21-17-36(32-67)27-38(42)34-69)54-31-53-45-12-8-7-11-44(45)46-13-9-15-48(58(46)53)61(54)62(64(50)63)43-22-18-37(33-68)28-39(43)35-70/h7-31H,1-6H3. The van der Waals surface area contributed by atoms with Crippen molar-refractivity contribution in [2.45, 2.75) is 52.4 Å². The third kappa shape index (κ3) is 5.76. The molecule has 0 aliphatic carbocycles. The van der Waals surface area contributed by atoms with E-state index in [-0.39, 0.29) is 10.8 Å². The number of benzene rings is 10. The summed E-state index contributed by atoms with van der Waals surface area (Å²) in [5, 5.41) is 59.4. The Kier molecular flexibility index (Phi) is 8.63. The highest BCUT2D eigenvalue weighted by Gasteiger charge is 2.30. The van der Waals surface area contributed by atoms with Gasteiger partial charge in [0.05, 0.1) is 63.3 Å². The van der Waals surface area contributed by atoms with Gasteiger partial charge in [0.2, 0.25) is 0 Å². The van der Waals surface area contributed by atoms with Gasteiger partial charge in [-0.1, -0.05) is 133 Å². The molecule has 0 saturated carbocycles. The first-order chi connectivity index (χ1) is 34.3. The first kappa shape index (κ1) is 41.9. The van der Waals surface area contributed by atoms with Crippen molar-refractivity contribution >= 4 is 97.2 Å². The van der Waals surface area contributed by atoms with E-state index in [1.807, 2.05) is 24.3 Å². The Morgan fingerprint density at radius 1 is 0.338 bits per heavy atom. The van der Waals surface area contributed by atoms with Crippen LogP contribution in [0.3, 0.4) is 0 Å². The molecule has 0 aliphatic heterocycles. The zero-order valence-electron chi connectivity index (χ0n) is 40.2. The van der Waals surface area contributed by atoms with E-state index in [4.69, 9.17) is 0 Å². The van der Waals surface area contributed by atoms with Crippen molar-refractivity contribution < 1.29 is 0 Å². The van der Waals surface area contributed by atoms with Crippen molar-refractivity contribution in [2.75, 3.05) is 0 Å². The maximum atomic E-state index is 11.0. The lowest BCUT2D eigenvalue weighted by atomic mass is 9.82. The zero-order valence-corrected chi connectivity index (χ0v) is 40.2. The summed E-state index contributed by atoms with van der Waals surface area (Å²) in [6.07, 6.45) is 0. The number of nitrogens with zero attached hydrogens (tertiary/aromatic N) is 5. The molecular formula is C66H43N5. The third-order valence-corrected chi connectivity index (χ3v) is 15.3. The maximum Gasteiger partial charge on any atom is 0.0998 e. The molecule has 12 aromatic carbocycles. The number of hydrogen-bond donors (Lipinski definition) is 0. The molecule has 1 aromatic heterocycles. The van der Waals surface area contributed by atoms with E-state index in [2.05, 4.69) is 186 Å². The summed E-state index contributed by atoms with van der Waals surface area (Å²) in [6, 6.07) is 62.7. The minimum atomic E-state index is -0.0483. The molecule has 5 nitrogen and oxygen atoms in total. The molecule has 13 rings (SSSR count). The molecule has 0 fully saturated rings. The van der Waals surface area contributed by atoms with Crippen molar-refractivity contribution in [1.29, 1.82) is 21.0 Å². The number of fused-ring (bicyclic) bond motifs is 11. The van der Waals surface area contributed by atoms with Gasteiger partial charge in [-0.25, -0.2) is 0 Å². The molecule has 0 radical (unpaired) electrons. The van der Waals surface area contributed by atoms with Gasteiger partial charge in [-0.15, -0.1) is 0 Å². The summed E-state index contributed by atoms with van der Waals surface area (Å²) in [5.74, 6) is 0. The molecule has 71 heavy (non-hydrogen) atoms. The Morgan fingerprint density at radius 3 is 1.38 bits per heavy atom. The molecule has 0 unspecified atom stereocenters. The van der Waals surface area contributed by atoms with E-state index in [1.165, 1.54) is 21.9 Å². The average molecular weight is 906 g/mol. The maximum absolute atomic E-state index is 11.0. The van der Waals surface area contributed by atoms with Crippen LogP contribution >= 0.6 is 0 Å². The molecule has 0 saturated heterocycles. The molecule has 0 atom stereocenters. The van der Waals surface area contributed by atoms with E-state index >= 15 is 0 Å². The van der Waals surface area contributed by atoms with Crippen molar-refractivity contribution in [3.05, 3.63) is 185 Å².